The molecule has 2 rings (SSSR count). The van der Waals surface area contributed by atoms with Gasteiger partial charge >= 0.3 is 6.03 Å². The molecule has 0 saturated carbocycles. The summed E-state index contributed by atoms with van der Waals surface area (Å²) in [5, 5.41) is 1.83. The van der Waals surface area contributed by atoms with Crippen molar-refractivity contribution in [1.82, 2.24) is 9.42 Å². The van der Waals surface area contributed by atoms with Crippen LogP contribution in [0.1, 0.15) is 22.3 Å². The lowest BCUT2D eigenvalue weighted by molar-refractivity contribution is 0.0993. The molecule has 0 unspecified atom stereocenters. The van der Waals surface area contributed by atoms with Crippen LogP contribution in [0.4, 0.5) is 4.79 Å². The van der Waals surface area contributed by atoms with E-state index in [0.717, 1.165) is 0 Å². The molecule has 16 heavy (non-hydrogen) atoms. The Morgan fingerprint density at radius 2 is 1.75 bits per heavy atom. The number of nitrogens with zero attached hydrogens (tertiary/aromatic N) is 2. The summed E-state index contributed by atoms with van der Waals surface area (Å²) in [4.78, 5) is 11.0. The van der Waals surface area contributed by atoms with Crippen LogP contribution in [-0.2, 0) is 13.1 Å². The molecule has 0 aliphatic carbocycles. The van der Waals surface area contributed by atoms with Crippen molar-refractivity contribution in [1.29, 1.82) is 0 Å². The Bertz CT molecular complexity index is 416. The van der Waals surface area contributed by atoms with E-state index < -0.39 is 6.03 Å². The first-order valence-corrected chi connectivity index (χ1v) is 5.52. The van der Waals surface area contributed by atoms with Crippen molar-refractivity contribution in [3.63, 3.8) is 0 Å². The van der Waals surface area contributed by atoms with Gasteiger partial charge in [0, 0.05) is 13.1 Å². The van der Waals surface area contributed by atoms with Gasteiger partial charge in [-0.25, -0.2) is 4.79 Å². The van der Waals surface area contributed by atoms with Gasteiger partial charge in [-0.15, -0.1) is 0 Å². The van der Waals surface area contributed by atoms with E-state index in [1.54, 1.807) is 0 Å². The van der Waals surface area contributed by atoms with E-state index in [2.05, 4.69) is 38.8 Å². The minimum absolute atomic E-state index is 0.550. The minimum Gasteiger partial charge on any atom is -0.350 e. The molecule has 2 amide bonds. The molecule has 0 atom stereocenters. The van der Waals surface area contributed by atoms with Crippen molar-refractivity contribution in [2.75, 3.05) is 0 Å². The number of hydrogen-bond donors (Lipinski definition) is 2. The number of thiol groups is 1. The number of fused-ring (bicyclic) bond motifs is 1. The quantitative estimate of drug-likeness (QED) is 0.731. The second-order valence-electron chi connectivity index (χ2n) is 4.11. The van der Waals surface area contributed by atoms with Crippen LogP contribution in [0.5, 0.6) is 0 Å². The number of hydrazine groups is 1. The third kappa shape index (κ3) is 1.76. The predicted octanol–water partition coefficient (Wildman–Crippen LogP) is 1.76. The van der Waals surface area contributed by atoms with Gasteiger partial charge in [-0.1, -0.05) is 12.1 Å². The van der Waals surface area contributed by atoms with E-state index in [9.17, 15) is 4.79 Å². The summed E-state index contributed by atoms with van der Waals surface area (Å²) in [6.07, 6.45) is 0. The Morgan fingerprint density at radius 3 is 2.12 bits per heavy atom. The summed E-state index contributed by atoms with van der Waals surface area (Å²) in [5.41, 5.74) is 10.2. The van der Waals surface area contributed by atoms with Gasteiger partial charge in [0.2, 0.25) is 0 Å². The molecule has 1 heterocycles. The topological polar surface area (TPSA) is 49.6 Å². The highest BCUT2D eigenvalue weighted by molar-refractivity contribution is 7.78. The summed E-state index contributed by atoms with van der Waals surface area (Å²) < 4.78 is 1.18. The summed E-state index contributed by atoms with van der Waals surface area (Å²) in [6, 6.07) is 3.65. The number of nitrogens with two attached hydrogens (primary N) is 1. The van der Waals surface area contributed by atoms with E-state index >= 15 is 0 Å². The molecule has 0 radical (unpaired) electrons. The largest absolute Gasteiger partial charge is 0.350 e. The SMILES string of the molecule is Cc1ccc(C)c2c1CN(N(S)C(N)=O)C2. The minimum atomic E-state index is -0.550. The molecule has 1 aliphatic rings. The summed E-state index contributed by atoms with van der Waals surface area (Å²) in [5.74, 6) is 0. The molecule has 86 valence electrons. The number of benzene rings is 1. The lowest BCUT2D eigenvalue weighted by atomic mass is 10.0. The van der Waals surface area contributed by atoms with Crippen LogP contribution in [0.25, 0.3) is 0 Å². The van der Waals surface area contributed by atoms with Gasteiger partial charge in [-0.3, -0.25) is 0 Å². The number of aryl methyl sites for hydroxylation is 2. The van der Waals surface area contributed by atoms with Crippen LogP contribution in [0, 0.1) is 13.8 Å². The zero-order chi connectivity index (χ0) is 11.9. The Balaban J connectivity index is 2.30. The fraction of sp³-hybridized carbons (Fsp3) is 0.364. The number of carbonyl (C=O) groups excluding carboxylic acids is 1. The van der Waals surface area contributed by atoms with Crippen molar-refractivity contribution < 1.29 is 4.79 Å². The fourth-order valence-corrected chi connectivity index (χ4v) is 2.19. The summed E-state index contributed by atoms with van der Waals surface area (Å²) in [7, 11) is 0. The third-order valence-corrected chi connectivity index (χ3v) is 3.50. The van der Waals surface area contributed by atoms with Gasteiger partial charge in [0.15, 0.2) is 0 Å². The molecule has 0 fully saturated rings. The normalized spacial score (nSPS) is 14.9. The number of hydrogen-bond acceptors (Lipinski definition) is 3. The average molecular weight is 237 g/mol. The molecule has 1 aromatic carbocycles. The van der Waals surface area contributed by atoms with Crippen molar-refractivity contribution in [3.05, 3.63) is 34.4 Å². The Kier molecular flexibility index (Phi) is 2.82. The number of amides is 2. The van der Waals surface area contributed by atoms with Gasteiger partial charge < -0.3 is 5.73 Å². The summed E-state index contributed by atoms with van der Waals surface area (Å²) in [6.45, 7) is 5.54. The highest BCUT2D eigenvalue weighted by Crippen LogP contribution is 2.29. The summed E-state index contributed by atoms with van der Waals surface area (Å²) >= 11 is 4.08. The lowest BCUT2D eigenvalue weighted by Crippen LogP contribution is -2.39. The molecule has 1 aliphatic heterocycles. The molecule has 1 aromatic rings. The smallest absolute Gasteiger partial charge is 0.339 e. The highest BCUT2D eigenvalue weighted by atomic mass is 32.1. The van der Waals surface area contributed by atoms with E-state index in [1.165, 1.54) is 26.7 Å². The van der Waals surface area contributed by atoms with Gasteiger partial charge in [0.1, 0.15) is 0 Å². The van der Waals surface area contributed by atoms with Crippen LogP contribution < -0.4 is 5.73 Å². The van der Waals surface area contributed by atoms with Crippen LogP contribution >= 0.6 is 12.8 Å². The molecule has 4 nitrogen and oxygen atoms in total. The first kappa shape index (κ1) is 11.3. The third-order valence-electron chi connectivity index (χ3n) is 3.05. The van der Waals surface area contributed by atoms with Crippen LogP contribution in [0.15, 0.2) is 12.1 Å². The molecule has 2 N–H and O–H groups in total. The van der Waals surface area contributed by atoms with Crippen molar-refractivity contribution in [2.45, 2.75) is 26.9 Å². The van der Waals surface area contributed by atoms with E-state index in [4.69, 9.17) is 5.73 Å². The Hall–Kier alpha value is -1.20. The zero-order valence-corrected chi connectivity index (χ0v) is 10.3. The molecule has 0 spiro atoms. The predicted molar refractivity (Wildman–Crippen MR) is 65.6 cm³/mol. The van der Waals surface area contributed by atoms with Gasteiger partial charge in [-0.05, 0) is 48.9 Å². The number of carbonyl (C=O) groups is 1. The number of primary amides is 1. The van der Waals surface area contributed by atoms with Gasteiger partial charge in [-0.2, -0.15) is 9.42 Å². The fourth-order valence-electron chi connectivity index (χ4n) is 2.06. The molecule has 0 saturated heterocycles. The van der Waals surface area contributed by atoms with Crippen LogP contribution in [0.3, 0.4) is 0 Å². The number of urea groups is 1. The maximum absolute atomic E-state index is 11.0. The first-order valence-electron chi connectivity index (χ1n) is 5.12. The maximum atomic E-state index is 11.0. The monoisotopic (exact) mass is 237 g/mol. The molecular weight excluding hydrogens is 222 g/mol. The first-order chi connectivity index (χ1) is 7.50. The second-order valence-corrected chi connectivity index (χ2v) is 4.49. The molecular formula is C11H15N3OS. The second kappa shape index (κ2) is 3.99. The van der Waals surface area contributed by atoms with E-state index in [1.807, 2.05) is 5.01 Å². The van der Waals surface area contributed by atoms with Crippen LogP contribution in [-0.4, -0.2) is 15.5 Å². The maximum Gasteiger partial charge on any atom is 0.339 e. The lowest BCUT2D eigenvalue weighted by Gasteiger charge is -2.23. The van der Waals surface area contributed by atoms with Crippen LogP contribution in [0.2, 0.25) is 0 Å². The van der Waals surface area contributed by atoms with Crippen molar-refractivity contribution in [3.8, 4) is 0 Å². The van der Waals surface area contributed by atoms with Crippen molar-refractivity contribution in [2.24, 2.45) is 5.73 Å². The van der Waals surface area contributed by atoms with Gasteiger partial charge in [0.05, 0.1) is 0 Å². The van der Waals surface area contributed by atoms with Crippen molar-refractivity contribution >= 4 is 18.8 Å². The molecule has 0 bridgehead atoms. The zero-order valence-electron chi connectivity index (χ0n) is 9.40. The van der Waals surface area contributed by atoms with E-state index in [0.29, 0.717) is 13.1 Å². The highest BCUT2D eigenvalue weighted by Gasteiger charge is 2.26. The Morgan fingerprint density at radius 1 is 1.31 bits per heavy atom. The van der Waals surface area contributed by atoms with E-state index in [-0.39, 0.29) is 0 Å². The molecule has 5 heteroatoms. The Labute approximate surface area is 101 Å². The standard InChI is InChI=1S/C11H15N3OS/c1-7-3-4-8(2)10-6-13(5-9(7)10)14(16)11(12)15/h3-4,16H,5-6H2,1-2H3,(H2,12,15). The molecule has 0 aromatic heterocycles. The number of rotatable bonds is 1. The van der Waals surface area contributed by atoms with Gasteiger partial charge in [0.25, 0.3) is 0 Å². The average Bonchev–Trinajstić information content (AvgIpc) is 2.68.